The molecule has 1 spiro atoms. The number of Topliss-reactive ketones (excluding diaryl/α,β-unsaturated/α-hetero) is 2. The molecule has 0 aromatic rings. The molecule has 4 nitrogen and oxygen atoms in total. The summed E-state index contributed by atoms with van der Waals surface area (Å²) in [5, 5.41) is 0. The van der Waals surface area contributed by atoms with Crippen molar-refractivity contribution in [1.82, 2.24) is 0 Å². The fourth-order valence-corrected chi connectivity index (χ4v) is 2.58. The van der Waals surface area contributed by atoms with Crippen molar-refractivity contribution in [3.63, 3.8) is 0 Å². The van der Waals surface area contributed by atoms with Crippen LogP contribution in [0, 0.1) is 5.41 Å². The maximum Gasteiger partial charge on any atom is 0.400 e. The normalized spacial score (nSPS) is 25.6. The molecule has 2 saturated carbocycles. The standard InChI is InChI=1S/C10H12N2O2/c11-12-8-7(13)6-10(9(8)14)4-2-1-3-5-10/h1-6H2. The first-order chi connectivity index (χ1) is 6.69. The molecule has 14 heavy (non-hydrogen) atoms. The fraction of sp³-hybridized carbons (Fsp3) is 0.700. The van der Waals surface area contributed by atoms with Gasteiger partial charge in [0, 0.05) is 11.8 Å². The second-order valence-electron chi connectivity index (χ2n) is 4.22. The molecule has 0 aliphatic heterocycles. The molecule has 2 fully saturated rings. The minimum Gasteiger partial charge on any atom is -0.360 e. The Hall–Kier alpha value is -1.28. The highest BCUT2D eigenvalue weighted by molar-refractivity contribution is 6.68. The van der Waals surface area contributed by atoms with Crippen LogP contribution in [0.25, 0.3) is 5.53 Å². The van der Waals surface area contributed by atoms with E-state index in [0.29, 0.717) is 0 Å². The second-order valence-corrected chi connectivity index (χ2v) is 4.22. The van der Waals surface area contributed by atoms with Gasteiger partial charge in [0.25, 0.3) is 5.78 Å². The molecule has 2 rings (SSSR count). The lowest BCUT2D eigenvalue weighted by molar-refractivity contribution is -0.125. The van der Waals surface area contributed by atoms with Gasteiger partial charge < -0.3 is 5.53 Å². The third kappa shape index (κ3) is 1.15. The van der Waals surface area contributed by atoms with Crippen LogP contribution in [0.2, 0.25) is 0 Å². The van der Waals surface area contributed by atoms with Crippen molar-refractivity contribution in [3.05, 3.63) is 5.53 Å². The molecule has 0 atom stereocenters. The van der Waals surface area contributed by atoms with E-state index in [1.54, 1.807) is 0 Å². The molecule has 0 heterocycles. The van der Waals surface area contributed by atoms with E-state index in [0.717, 1.165) is 32.1 Å². The maximum atomic E-state index is 11.8. The van der Waals surface area contributed by atoms with Gasteiger partial charge >= 0.3 is 5.71 Å². The minimum absolute atomic E-state index is 0.230. The van der Waals surface area contributed by atoms with E-state index < -0.39 is 5.41 Å². The summed E-state index contributed by atoms with van der Waals surface area (Å²) in [7, 11) is 0. The molecule has 2 aliphatic carbocycles. The molecule has 2 aliphatic rings. The number of ketones is 2. The summed E-state index contributed by atoms with van der Waals surface area (Å²) in [6.07, 6.45) is 4.93. The van der Waals surface area contributed by atoms with Gasteiger partial charge in [-0.1, -0.05) is 19.3 Å². The average molecular weight is 192 g/mol. The number of nitrogens with zero attached hydrogens (tertiary/aromatic N) is 2. The molecular formula is C10H12N2O2. The lowest BCUT2D eigenvalue weighted by atomic mass is 9.72. The summed E-state index contributed by atoms with van der Waals surface area (Å²) in [5.41, 5.74) is 7.83. The van der Waals surface area contributed by atoms with E-state index >= 15 is 0 Å². The van der Waals surface area contributed by atoms with Crippen molar-refractivity contribution in [3.8, 4) is 0 Å². The highest BCUT2D eigenvalue weighted by atomic mass is 16.2. The molecule has 0 amide bonds. The Morgan fingerprint density at radius 3 is 2.29 bits per heavy atom. The highest BCUT2D eigenvalue weighted by Crippen LogP contribution is 2.43. The van der Waals surface area contributed by atoms with Crippen LogP contribution in [0.4, 0.5) is 0 Å². The Kier molecular flexibility index (Phi) is 2.08. The smallest absolute Gasteiger partial charge is 0.360 e. The van der Waals surface area contributed by atoms with Crippen LogP contribution in [0.1, 0.15) is 38.5 Å². The average Bonchev–Trinajstić information content (AvgIpc) is 2.40. The first-order valence-electron chi connectivity index (χ1n) is 5.00. The van der Waals surface area contributed by atoms with Crippen molar-refractivity contribution in [1.29, 1.82) is 0 Å². The van der Waals surface area contributed by atoms with E-state index in [-0.39, 0.29) is 23.7 Å². The number of hydrogen-bond donors (Lipinski definition) is 0. The molecule has 4 heteroatoms. The van der Waals surface area contributed by atoms with Crippen LogP contribution in [0.5, 0.6) is 0 Å². The van der Waals surface area contributed by atoms with Crippen molar-refractivity contribution in [2.24, 2.45) is 5.41 Å². The maximum absolute atomic E-state index is 11.8. The Balaban J connectivity index is 2.35. The zero-order chi connectivity index (χ0) is 10.2. The predicted molar refractivity (Wildman–Crippen MR) is 48.8 cm³/mol. The summed E-state index contributed by atoms with van der Waals surface area (Å²) in [4.78, 5) is 26.0. The zero-order valence-electron chi connectivity index (χ0n) is 7.95. The van der Waals surface area contributed by atoms with Crippen molar-refractivity contribution in [2.45, 2.75) is 38.5 Å². The van der Waals surface area contributed by atoms with E-state index in [1.165, 1.54) is 0 Å². The molecule has 0 radical (unpaired) electrons. The van der Waals surface area contributed by atoms with Crippen molar-refractivity contribution >= 4 is 17.3 Å². The van der Waals surface area contributed by atoms with Crippen LogP contribution >= 0.6 is 0 Å². The predicted octanol–water partition coefficient (Wildman–Crippen LogP) is 1.15. The SMILES string of the molecule is [N-]=[N+]=C1C(=O)CC2(CCCCC2)C1=O. The largest absolute Gasteiger partial charge is 0.400 e. The van der Waals surface area contributed by atoms with Crippen LogP contribution in [-0.2, 0) is 9.59 Å². The van der Waals surface area contributed by atoms with Gasteiger partial charge in [0.1, 0.15) is 0 Å². The monoisotopic (exact) mass is 192 g/mol. The van der Waals surface area contributed by atoms with Crippen LogP contribution in [-0.4, -0.2) is 22.1 Å². The summed E-state index contributed by atoms with van der Waals surface area (Å²) < 4.78 is 0. The lowest BCUT2D eigenvalue weighted by Crippen LogP contribution is -2.31. The Bertz CT molecular complexity index is 347. The molecule has 0 unspecified atom stereocenters. The third-order valence-electron chi connectivity index (χ3n) is 3.37. The fourth-order valence-electron chi connectivity index (χ4n) is 2.58. The molecule has 74 valence electrons. The van der Waals surface area contributed by atoms with Gasteiger partial charge in [0.15, 0.2) is 0 Å². The number of carbonyl (C=O) groups excluding carboxylic acids is 2. The first-order valence-corrected chi connectivity index (χ1v) is 5.00. The molecule has 0 saturated heterocycles. The topological polar surface area (TPSA) is 70.5 Å². The van der Waals surface area contributed by atoms with Crippen LogP contribution < -0.4 is 0 Å². The van der Waals surface area contributed by atoms with E-state index in [1.807, 2.05) is 0 Å². The van der Waals surface area contributed by atoms with Crippen molar-refractivity contribution in [2.75, 3.05) is 0 Å². The second kappa shape index (κ2) is 3.14. The molecule has 0 aromatic carbocycles. The quantitative estimate of drug-likeness (QED) is 0.426. The van der Waals surface area contributed by atoms with Crippen LogP contribution in [0.3, 0.4) is 0 Å². The Labute approximate surface area is 81.9 Å². The van der Waals surface area contributed by atoms with Gasteiger partial charge in [-0.25, -0.2) is 0 Å². The minimum atomic E-state index is -0.503. The molecular weight excluding hydrogens is 180 g/mol. The van der Waals surface area contributed by atoms with Gasteiger partial charge in [0.2, 0.25) is 5.78 Å². The van der Waals surface area contributed by atoms with Gasteiger partial charge in [-0.15, -0.1) is 0 Å². The Morgan fingerprint density at radius 2 is 1.79 bits per heavy atom. The van der Waals surface area contributed by atoms with Gasteiger partial charge in [-0.2, -0.15) is 4.79 Å². The molecule has 0 aromatic heterocycles. The highest BCUT2D eigenvalue weighted by Gasteiger charge is 2.55. The summed E-state index contributed by atoms with van der Waals surface area (Å²) in [6.45, 7) is 0. The molecule has 0 bridgehead atoms. The lowest BCUT2D eigenvalue weighted by Gasteiger charge is -2.28. The molecule has 0 N–H and O–H groups in total. The van der Waals surface area contributed by atoms with Gasteiger partial charge in [-0.3, -0.25) is 9.59 Å². The van der Waals surface area contributed by atoms with Gasteiger partial charge in [-0.05, 0) is 12.8 Å². The number of rotatable bonds is 0. The van der Waals surface area contributed by atoms with Gasteiger partial charge in [0.05, 0.1) is 0 Å². The number of hydrogen-bond acceptors (Lipinski definition) is 2. The van der Waals surface area contributed by atoms with E-state index in [2.05, 4.69) is 4.79 Å². The third-order valence-corrected chi connectivity index (χ3v) is 3.37. The summed E-state index contributed by atoms with van der Waals surface area (Å²) >= 11 is 0. The zero-order valence-corrected chi connectivity index (χ0v) is 7.95. The first kappa shape index (κ1) is 9.28. The van der Waals surface area contributed by atoms with E-state index in [9.17, 15) is 9.59 Å². The Morgan fingerprint density at radius 1 is 1.14 bits per heavy atom. The van der Waals surface area contributed by atoms with Crippen LogP contribution in [0.15, 0.2) is 0 Å². The number of carbonyl (C=O) groups is 2. The summed E-state index contributed by atoms with van der Waals surface area (Å²) in [6, 6.07) is 0. The van der Waals surface area contributed by atoms with E-state index in [4.69, 9.17) is 5.53 Å². The van der Waals surface area contributed by atoms with Crippen molar-refractivity contribution < 1.29 is 14.4 Å². The summed E-state index contributed by atoms with van der Waals surface area (Å²) in [5.74, 6) is -0.524.